The molecule has 0 bridgehead atoms. The Hall–Kier alpha value is -2.47. The minimum atomic E-state index is -0.954. The van der Waals surface area contributed by atoms with Crippen LogP contribution >= 0.6 is 0 Å². The molecule has 101 valence electrons. The van der Waals surface area contributed by atoms with E-state index >= 15 is 0 Å². The number of benzene rings is 2. The van der Waals surface area contributed by atoms with Crippen molar-refractivity contribution < 1.29 is 10.2 Å². The predicted octanol–water partition coefficient (Wildman–Crippen LogP) is 3.50. The third-order valence-corrected chi connectivity index (χ3v) is 3.73. The highest BCUT2D eigenvalue weighted by atomic mass is 16.3. The number of hydrogen-bond acceptors (Lipinski definition) is 3. The normalized spacial score (nSPS) is 15.1. The Morgan fingerprint density at radius 2 is 1.75 bits per heavy atom. The van der Waals surface area contributed by atoms with Crippen LogP contribution in [0.3, 0.4) is 0 Å². The standard InChI is InChI=1S/C17H16NO2/c1-12(13-8-9-15(19)16(20)10-13)17(2,11-18)14-6-4-3-5-7-14/h3-10,12,19-20H,2H2,1H3. The minimum Gasteiger partial charge on any atom is -0.504 e. The summed E-state index contributed by atoms with van der Waals surface area (Å²) in [6, 6.07) is 16.2. The second kappa shape index (κ2) is 5.26. The molecule has 2 aromatic rings. The summed E-state index contributed by atoms with van der Waals surface area (Å²) in [5.74, 6) is -0.601. The molecule has 1 radical (unpaired) electrons. The van der Waals surface area contributed by atoms with Crippen LogP contribution in [0.2, 0.25) is 0 Å². The maximum atomic E-state index is 9.60. The van der Waals surface area contributed by atoms with Crippen LogP contribution in [0.15, 0.2) is 48.5 Å². The monoisotopic (exact) mass is 266 g/mol. The van der Waals surface area contributed by atoms with Crippen LogP contribution in [-0.4, -0.2) is 10.2 Å². The lowest BCUT2D eigenvalue weighted by Gasteiger charge is -2.29. The molecule has 0 amide bonds. The molecule has 0 spiro atoms. The van der Waals surface area contributed by atoms with Crippen LogP contribution in [-0.2, 0) is 5.41 Å². The van der Waals surface area contributed by atoms with Gasteiger partial charge in [-0.05, 0) is 30.2 Å². The summed E-state index contributed by atoms with van der Waals surface area (Å²) in [7, 11) is 0. The third kappa shape index (κ3) is 2.33. The summed E-state index contributed by atoms with van der Waals surface area (Å²) in [5, 5.41) is 28.5. The van der Waals surface area contributed by atoms with Gasteiger partial charge in [0, 0.05) is 5.92 Å². The van der Waals surface area contributed by atoms with Gasteiger partial charge in [-0.1, -0.05) is 43.3 Å². The highest BCUT2D eigenvalue weighted by molar-refractivity contribution is 5.46. The van der Waals surface area contributed by atoms with E-state index in [0.717, 1.165) is 11.1 Å². The van der Waals surface area contributed by atoms with Crippen molar-refractivity contribution in [3.05, 3.63) is 66.6 Å². The van der Waals surface area contributed by atoms with Crippen LogP contribution in [0, 0.1) is 18.3 Å². The number of phenolic OH excluding ortho intramolecular Hbond substituents is 2. The zero-order valence-electron chi connectivity index (χ0n) is 11.2. The van der Waals surface area contributed by atoms with Gasteiger partial charge in [0.05, 0.1) is 11.5 Å². The summed E-state index contributed by atoms with van der Waals surface area (Å²) in [6.07, 6.45) is 0. The third-order valence-electron chi connectivity index (χ3n) is 3.73. The molecule has 0 aliphatic heterocycles. The van der Waals surface area contributed by atoms with E-state index in [2.05, 4.69) is 13.0 Å². The Morgan fingerprint density at radius 3 is 2.30 bits per heavy atom. The second-order valence-corrected chi connectivity index (χ2v) is 4.92. The highest BCUT2D eigenvalue weighted by Crippen LogP contribution is 2.40. The molecule has 0 fully saturated rings. The molecule has 2 N–H and O–H groups in total. The summed E-state index contributed by atoms with van der Waals surface area (Å²) in [6.45, 7) is 5.97. The second-order valence-electron chi connectivity index (χ2n) is 4.92. The Bertz CT molecular complexity index is 646. The molecule has 2 rings (SSSR count). The summed E-state index contributed by atoms with van der Waals surface area (Å²) in [5.41, 5.74) is 0.619. The fourth-order valence-corrected chi connectivity index (χ4v) is 2.24. The maximum Gasteiger partial charge on any atom is 0.157 e. The molecule has 2 unspecified atom stereocenters. The topological polar surface area (TPSA) is 64.2 Å². The van der Waals surface area contributed by atoms with Crippen LogP contribution in [0.4, 0.5) is 0 Å². The molecule has 0 aliphatic carbocycles. The van der Waals surface area contributed by atoms with Crippen molar-refractivity contribution in [1.29, 1.82) is 5.26 Å². The first-order valence-electron chi connectivity index (χ1n) is 6.33. The fraction of sp³-hybridized carbons (Fsp3) is 0.176. The quantitative estimate of drug-likeness (QED) is 0.836. The van der Waals surface area contributed by atoms with Crippen molar-refractivity contribution in [3.63, 3.8) is 0 Å². The summed E-state index contributed by atoms with van der Waals surface area (Å²) >= 11 is 0. The number of hydrogen-bond donors (Lipinski definition) is 2. The van der Waals surface area contributed by atoms with Crippen molar-refractivity contribution in [1.82, 2.24) is 0 Å². The van der Waals surface area contributed by atoms with Crippen molar-refractivity contribution >= 4 is 0 Å². The average Bonchev–Trinajstić information content (AvgIpc) is 2.49. The predicted molar refractivity (Wildman–Crippen MR) is 77.3 cm³/mol. The Kier molecular flexibility index (Phi) is 3.67. The molecule has 0 aromatic heterocycles. The minimum absolute atomic E-state index is 0.174. The van der Waals surface area contributed by atoms with Gasteiger partial charge in [-0.15, -0.1) is 0 Å². The van der Waals surface area contributed by atoms with Gasteiger partial charge in [0.1, 0.15) is 0 Å². The Labute approximate surface area is 118 Å². The average molecular weight is 266 g/mol. The Balaban J connectivity index is 2.46. The van der Waals surface area contributed by atoms with Crippen molar-refractivity contribution in [2.45, 2.75) is 18.3 Å². The highest BCUT2D eigenvalue weighted by Gasteiger charge is 2.34. The van der Waals surface area contributed by atoms with Crippen molar-refractivity contribution in [3.8, 4) is 17.6 Å². The van der Waals surface area contributed by atoms with Crippen LogP contribution in [0.5, 0.6) is 11.5 Å². The van der Waals surface area contributed by atoms with Crippen molar-refractivity contribution in [2.75, 3.05) is 0 Å². The van der Waals surface area contributed by atoms with Gasteiger partial charge in [-0.25, -0.2) is 0 Å². The SMILES string of the molecule is [CH2]C(C#N)(c1ccccc1)C(C)c1ccc(O)c(O)c1. The van der Waals surface area contributed by atoms with E-state index in [4.69, 9.17) is 0 Å². The lowest BCUT2D eigenvalue weighted by Crippen LogP contribution is -2.27. The number of nitriles is 1. The largest absolute Gasteiger partial charge is 0.504 e. The number of aromatic hydroxyl groups is 2. The fourth-order valence-electron chi connectivity index (χ4n) is 2.24. The molecule has 0 aliphatic rings. The first kappa shape index (κ1) is 14.0. The summed E-state index contributed by atoms with van der Waals surface area (Å²) in [4.78, 5) is 0. The van der Waals surface area contributed by atoms with E-state index < -0.39 is 5.41 Å². The lowest BCUT2D eigenvalue weighted by molar-refractivity contribution is 0.402. The molecule has 0 saturated heterocycles. The smallest absolute Gasteiger partial charge is 0.157 e. The molecular formula is C17H16NO2. The molecule has 2 atom stereocenters. The number of nitrogens with zero attached hydrogens (tertiary/aromatic N) is 1. The number of phenols is 2. The van der Waals surface area contributed by atoms with Crippen LogP contribution < -0.4 is 0 Å². The first-order chi connectivity index (χ1) is 9.49. The molecule has 0 heterocycles. The molecule has 0 saturated carbocycles. The molecule has 3 nitrogen and oxygen atoms in total. The van der Waals surface area contributed by atoms with Gasteiger partial charge in [0.25, 0.3) is 0 Å². The van der Waals surface area contributed by atoms with E-state index in [9.17, 15) is 15.5 Å². The van der Waals surface area contributed by atoms with Crippen LogP contribution in [0.25, 0.3) is 0 Å². The molecule has 20 heavy (non-hydrogen) atoms. The van der Waals surface area contributed by atoms with E-state index in [1.165, 1.54) is 12.1 Å². The van der Waals surface area contributed by atoms with Crippen molar-refractivity contribution in [2.24, 2.45) is 0 Å². The molecular weight excluding hydrogens is 250 g/mol. The van der Waals surface area contributed by atoms with E-state index in [1.54, 1.807) is 6.07 Å². The lowest BCUT2D eigenvalue weighted by atomic mass is 9.71. The first-order valence-corrected chi connectivity index (χ1v) is 6.33. The summed E-state index contributed by atoms with van der Waals surface area (Å²) < 4.78 is 0. The van der Waals surface area contributed by atoms with Gasteiger partial charge in [-0.2, -0.15) is 5.26 Å². The zero-order chi connectivity index (χ0) is 14.8. The number of rotatable bonds is 3. The Morgan fingerprint density at radius 1 is 1.10 bits per heavy atom. The molecule has 2 aromatic carbocycles. The van der Waals surface area contributed by atoms with Gasteiger partial charge in [0.2, 0.25) is 0 Å². The van der Waals surface area contributed by atoms with Gasteiger partial charge < -0.3 is 10.2 Å². The van der Waals surface area contributed by atoms with E-state index in [1.807, 2.05) is 37.3 Å². The zero-order valence-corrected chi connectivity index (χ0v) is 11.2. The van der Waals surface area contributed by atoms with Gasteiger partial charge in [-0.3, -0.25) is 0 Å². The van der Waals surface area contributed by atoms with E-state index in [0.29, 0.717) is 0 Å². The molecule has 3 heteroatoms. The van der Waals surface area contributed by atoms with Gasteiger partial charge in [0.15, 0.2) is 11.5 Å². The maximum absolute atomic E-state index is 9.60. The van der Waals surface area contributed by atoms with Gasteiger partial charge >= 0.3 is 0 Å². The van der Waals surface area contributed by atoms with E-state index in [-0.39, 0.29) is 17.4 Å². The van der Waals surface area contributed by atoms with Crippen LogP contribution in [0.1, 0.15) is 24.0 Å².